The number of hydrogen-bond donors (Lipinski definition) is 0. The number of aromatic nitrogens is 5. The van der Waals surface area contributed by atoms with Gasteiger partial charge >= 0.3 is 0 Å². The van der Waals surface area contributed by atoms with Crippen LogP contribution in [0.25, 0.3) is 5.69 Å². The molecule has 0 N–H and O–H groups in total. The molecule has 1 aromatic carbocycles. The molecule has 12 heteroatoms. The monoisotopic (exact) mass is 507 g/mol. The second kappa shape index (κ2) is 10.3. The zero-order valence-corrected chi connectivity index (χ0v) is 20.7. The van der Waals surface area contributed by atoms with Gasteiger partial charge in [-0.05, 0) is 31.9 Å². The maximum atomic E-state index is 13.5. The van der Waals surface area contributed by atoms with Crippen LogP contribution in [-0.2, 0) is 25.1 Å². The molecule has 1 fully saturated rings. The van der Waals surface area contributed by atoms with Gasteiger partial charge in [0.25, 0.3) is 0 Å². The Morgan fingerprint density at radius 2 is 1.94 bits per heavy atom. The van der Waals surface area contributed by atoms with Crippen molar-refractivity contribution in [2.24, 2.45) is 0 Å². The molecule has 2 aromatic heterocycles. The lowest BCUT2D eigenvalue weighted by Crippen LogP contribution is -2.30. The smallest absolute Gasteiger partial charge is 0.167 e. The van der Waals surface area contributed by atoms with Gasteiger partial charge in [0.15, 0.2) is 27.3 Å². The Bertz CT molecular complexity index is 1230. The summed E-state index contributed by atoms with van der Waals surface area (Å²) < 4.78 is 45.6. The Hall–Kier alpha value is -2.60. The third-order valence-electron chi connectivity index (χ3n) is 5.77. The molecule has 10 nitrogen and oxygen atoms in total. The van der Waals surface area contributed by atoms with Crippen molar-refractivity contribution in [3.8, 4) is 11.4 Å². The quantitative estimate of drug-likeness (QED) is 0.429. The summed E-state index contributed by atoms with van der Waals surface area (Å²) in [6.07, 6.45) is 3.31. The highest BCUT2D eigenvalue weighted by atomic mass is 35.5. The first-order valence-corrected chi connectivity index (χ1v) is 12.9. The first-order chi connectivity index (χ1) is 16.4. The Morgan fingerprint density at radius 3 is 2.59 bits per heavy atom. The van der Waals surface area contributed by atoms with E-state index in [0.29, 0.717) is 28.9 Å². The van der Waals surface area contributed by atoms with Crippen LogP contribution in [0, 0.1) is 0 Å². The van der Waals surface area contributed by atoms with Crippen LogP contribution in [0.5, 0.6) is 5.75 Å². The van der Waals surface area contributed by atoms with E-state index >= 15 is 0 Å². The van der Waals surface area contributed by atoms with E-state index in [9.17, 15) is 8.42 Å². The maximum Gasteiger partial charge on any atom is 0.167 e. The normalized spacial score (nSPS) is 18.1. The lowest BCUT2D eigenvalue weighted by molar-refractivity contribution is 0.0948. The van der Waals surface area contributed by atoms with E-state index in [1.807, 2.05) is 18.2 Å². The van der Waals surface area contributed by atoms with Crippen molar-refractivity contribution in [2.75, 3.05) is 20.8 Å². The minimum Gasteiger partial charge on any atom is -0.495 e. The summed E-state index contributed by atoms with van der Waals surface area (Å²) in [6.45, 7) is 2.18. The second-order valence-corrected chi connectivity index (χ2v) is 10.7. The highest BCUT2D eigenvalue weighted by Gasteiger charge is 2.35. The molecule has 0 unspecified atom stereocenters. The van der Waals surface area contributed by atoms with Crippen LogP contribution < -0.4 is 4.74 Å². The van der Waals surface area contributed by atoms with E-state index in [1.165, 1.54) is 19.5 Å². The van der Waals surface area contributed by atoms with Crippen molar-refractivity contribution in [3.63, 3.8) is 0 Å². The summed E-state index contributed by atoms with van der Waals surface area (Å²) in [7, 11) is -0.810. The third kappa shape index (κ3) is 4.92. The summed E-state index contributed by atoms with van der Waals surface area (Å²) in [6, 6.07) is 7.32. The standard InChI is InChI=1S/C22H26ClN5O5S/c1-14(20(32-3)21-24-11-15(23)12-25-21)34(29,30)13-19-26-27-22(18-9-6-10-33-18)28(19)16-7-4-5-8-17(16)31-2/h4-5,7-8,11-12,14,18,20H,6,9-10,13H2,1-3H3/t14-,18-,20-/m0/s1. The van der Waals surface area contributed by atoms with E-state index in [-0.39, 0.29) is 23.5 Å². The Balaban J connectivity index is 1.72. The fraction of sp³-hybridized carbons (Fsp3) is 0.455. The highest BCUT2D eigenvalue weighted by molar-refractivity contribution is 7.91. The number of hydrogen-bond acceptors (Lipinski definition) is 9. The summed E-state index contributed by atoms with van der Waals surface area (Å²) in [5, 5.41) is 7.96. The average molecular weight is 508 g/mol. The fourth-order valence-electron chi connectivity index (χ4n) is 3.97. The molecule has 34 heavy (non-hydrogen) atoms. The maximum absolute atomic E-state index is 13.5. The van der Waals surface area contributed by atoms with Crippen molar-refractivity contribution >= 4 is 21.4 Å². The van der Waals surface area contributed by atoms with E-state index in [2.05, 4.69) is 20.2 Å². The SMILES string of the molecule is COc1ccccc1-n1c(CS(=O)(=O)[C@@H](C)[C@H](OC)c2ncc(Cl)cn2)nnc1[C@@H]1CCCO1. The minimum absolute atomic E-state index is 0.231. The molecule has 0 amide bonds. The van der Waals surface area contributed by atoms with Crippen molar-refractivity contribution in [2.45, 2.75) is 43.0 Å². The molecule has 0 saturated carbocycles. The van der Waals surface area contributed by atoms with Gasteiger partial charge in [0.2, 0.25) is 0 Å². The van der Waals surface area contributed by atoms with Crippen LogP contribution in [0.4, 0.5) is 0 Å². The number of rotatable bonds is 9. The molecule has 0 aliphatic carbocycles. The van der Waals surface area contributed by atoms with Gasteiger partial charge in [-0.3, -0.25) is 4.57 Å². The lowest BCUT2D eigenvalue weighted by Gasteiger charge is -2.22. The number of halogens is 1. The first kappa shape index (κ1) is 24.5. The van der Waals surface area contributed by atoms with E-state index < -0.39 is 21.2 Å². The molecule has 3 aromatic rings. The summed E-state index contributed by atoms with van der Waals surface area (Å²) in [4.78, 5) is 8.27. The molecule has 3 atom stereocenters. The molecular formula is C22H26ClN5O5S. The highest BCUT2D eigenvalue weighted by Crippen LogP contribution is 2.34. The number of benzene rings is 1. The molecule has 1 aliphatic heterocycles. The molecule has 1 aliphatic rings. The van der Waals surface area contributed by atoms with Crippen LogP contribution in [-0.4, -0.2) is 59.2 Å². The molecule has 4 rings (SSSR count). The number of para-hydroxylation sites is 2. The van der Waals surface area contributed by atoms with Gasteiger partial charge < -0.3 is 14.2 Å². The van der Waals surface area contributed by atoms with Gasteiger partial charge in [-0.25, -0.2) is 18.4 Å². The molecule has 1 saturated heterocycles. The fourth-order valence-corrected chi connectivity index (χ4v) is 5.48. The Kier molecular flexibility index (Phi) is 7.46. The second-order valence-electron chi connectivity index (χ2n) is 7.91. The zero-order chi connectivity index (χ0) is 24.3. The van der Waals surface area contributed by atoms with Crippen molar-refractivity contribution < 1.29 is 22.6 Å². The summed E-state index contributed by atoms with van der Waals surface area (Å²) in [5.74, 6) is 1.23. The van der Waals surface area contributed by atoms with Crippen LogP contribution >= 0.6 is 11.6 Å². The Morgan fingerprint density at radius 1 is 1.21 bits per heavy atom. The molecule has 0 spiro atoms. The topological polar surface area (TPSA) is 118 Å². The molecular weight excluding hydrogens is 482 g/mol. The van der Waals surface area contributed by atoms with Crippen LogP contribution in [0.15, 0.2) is 36.7 Å². The molecule has 0 bridgehead atoms. The third-order valence-corrected chi connectivity index (χ3v) is 8.01. The number of ether oxygens (including phenoxy) is 3. The first-order valence-electron chi connectivity index (χ1n) is 10.8. The molecule has 182 valence electrons. The van der Waals surface area contributed by atoms with Crippen LogP contribution in [0.2, 0.25) is 5.02 Å². The van der Waals surface area contributed by atoms with E-state index in [1.54, 1.807) is 24.7 Å². The van der Waals surface area contributed by atoms with E-state index in [4.69, 9.17) is 25.8 Å². The summed E-state index contributed by atoms with van der Waals surface area (Å²) in [5.41, 5.74) is 0.641. The molecule has 3 heterocycles. The number of sulfone groups is 1. The van der Waals surface area contributed by atoms with Crippen LogP contribution in [0.3, 0.4) is 0 Å². The van der Waals surface area contributed by atoms with Gasteiger partial charge in [-0.1, -0.05) is 23.7 Å². The predicted octanol–water partition coefficient (Wildman–Crippen LogP) is 3.26. The van der Waals surface area contributed by atoms with Gasteiger partial charge in [0.1, 0.15) is 23.7 Å². The van der Waals surface area contributed by atoms with Gasteiger partial charge in [0.05, 0.1) is 23.1 Å². The van der Waals surface area contributed by atoms with Gasteiger partial charge in [0, 0.05) is 26.1 Å². The lowest BCUT2D eigenvalue weighted by atomic mass is 10.2. The predicted molar refractivity (Wildman–Crippen MR) is 125 cm³/mol. The molecule has 0 radical (unpaired) electrons. The largest absolute Gasteiger partial charge is 0.495 e. The van der Waals surface area contributed by atoms with Gasteiger partial charge in [-0.15, -0.1) is 10.2 Å². The average Bonchev–Trinajstić information content (AvgIpc) is 3.50. The van der Waals surface area contributed by atoms with Crippen molar-refractivity contribution in [1.82, 2.24) is 24.7 Å². The van der Waals surface area contributed by atoms with Crippen molar-refractivity contribution in [3.05, 3.63) is 59.2 Å². The number of methoxy groups -OCH3 is 2. The Labute approximate surface area is 203 Å². The van der Waals surface area contributed by atoms with E-state index in [0.717, 1.165) is 12.8 Å². The van der Waals surface area contributed by atoms with Crippen molar-refractivity contribution in [1.29, 1.82) is 0 Å². The minimum atomic E-state index is -3.79. The van der Waals surface area contributed by atoms with Gasteiger partial charge in [-0.2, -0.15) is 0 Å². The zero-order valence-electron chi connectivity index (χ0n) is 19.1. The summed E-state index contributed by atoms with van der Waals surface area (Å²) >= 11 is 5.87. The van der Waals surface area contributed by atoms with Crippen LogP contribution in [0.1, 0.15) is 49.4 Å². The number of nitrogens with zero attached hydrogens (tertiary/aromatic N) is 5.